The highest BCUT2D eigenvalue weighted by Crippen LogP contribution is 2.23. The Bertz CT molecular complexity index is 846. The number of nitrogens with zero attached hydrogens (tertiary/aromatic N) is 3. The molecule has 1 atom stereocenters. The Morgan fingerprint density at radius 3 is 3.04 bits per heavy atom. The van der Waals surface area contributed by atoms with Gasteiger partial charge in [0.25, 0.3) is 5.91 Å². The number of hydrogen-bond donors (Lipinski definition) is 1. The van der Waals surface area contributed by atoms with E-state index in [2.05, 4.69) is 16.4 Å². The standard InChI is InChI=1S/C17H15ClN4O2/c18-14-5-1-4-12-13(6-7-20-16(12)14)17(24)21-10-15(23)22-8-2-3-11(22)9-19/h1,4-7,11H,2-3,8,10H2,(H,21,24). The summed E-state index contributed by atoms with van der Waals surface area (Å²) >= 11 is 6.09. The number of likely N-dealkylation sites (tertiary alicyclic amines) is 1. The van der Waals surface area contributed by atoms with Crippen LogP contribution in [0.5, 0.6) is 0 Å². The van der Waals surface area contributed by atoms with Crippen molar-refractivity contribution in [2.24, 2.45) is 0 Å². The first-order chi connectivity index (χ1) is 11.6. The number of nitrogens with one attached hydrogen (secondary N) is 1. The smallest absolute Gasteiger partial charge is 0.252 e. The van der Waals surface area contributed by atoms with Gasteiger partial charge in [0.05, 0.1) is 28.7 Å². The molecule has 0 saturated carbocycles. The fourth-order valence-electron chi connectivity index (χ4n) is 2.89. The molecule has 122 valence electrons. The lowest BCUT2D eigenvalue weighted by Gasteiger charge is -2.19. The average molecular weight is 343 g/mol. The molecule has 3 rings (SSSR count). The van der Waals surface area contributed by atoms with Crippen molar-refractivity contribution in [2.45, 2.75) is 18.9 Å². The van der Waals surface area contributed by atoms with Crippen LogP contribution in [0.3, 0.4) is 0 Å². The summed E-state index contributed by atoms with van der Waals surface area (Å²) in [6.45, 7) is 0.419. The van der Waals surface area contributed by atoms with Crippen molar-refractivity contribution >= 4 is 34.3 Å². The maximum Gasteiger partial charge on any atom is 0.252 e. The summed E-state index contributed by atoms with van der Waals surface area (Å²) in [5.41, 5.74) is 0.954. The highest BCUT2D eigenvalue weighted by Gasteiger charge is 2.28. The molecule has 6 nitrogen and oxygen atoms in total. The van der Waals surface area contributed by atoms with Gasteiger partial charge in [-0.1, -0.05) is 23.7 Å². The molecule has 2 heterocycles. The summed E-state index contributed by atoms with van der Waals surface area (Å²) in [4.78, 5) is 30.3. The number of carbonyl (C=O) groups excluding carboxylic acids is 2. The van der Waals surface area contributed by atoms with Crippen molar-refractivity contribution in [3.8, 4) is 6.07 Å². The first-order valence-electron chi connectivity index (χ1n) is 7.62. The van der Waals surface area contributed by atoms with Crippen LogP contribution in [-0.4, -0.2) is 40.8 Å². The van der Waals surface area contributed by atoms with E-state index in [-0.39, 0.29) is 18.4 Å². The normalized spacial score (nSPS) is 16.8. The summed E-state index contributed by atoms with van der Waals surface area (Å²) in [5.74, 6) is -0.616. The molecule has 1 unspecified atom stereocenters. The average Bonchev–Trinajstić information content (AvgIpc) is 3.08. The topological polar surface area (TPSA) is 86.1 Å². The first kappa shape index (κ1) is 16.2. The number of halogens is 1. The molecule has 0 aliphatic carbocycles. The van der Waals surface area contributed by atoms with Crippen LogP contribution in [0.15, 0.2) is 30.5 Å². The summed E-state index contributed by atoms with van der Waals surface area (Å²) in [7, 11) is 0. The molecule has 2 aromatic rings. The molecule has 7 heteroatoms. The number of hydrogen-bond acceptors (Lipinski definition) is 4. The van der Waals surface area contributed by atoms with Crippen molar-refractivity contribution in [1.29, 1.82) is 5.26 Å². The molecule has 1 aliphatic heterocycles. The minimum Gasteiger partial charge on any atom is -0.343 e. The number of pyridine rings is 1. The third kappa shape index (κ3) is 3.03. The summed E-state index contributed by atoms with van der Waals surface area (Å²) in [6, 6.07) is 8.52. The van der Waals surface area contributed by atoms with Gasteiger partial charge in [-0.2, -0.15) is 5.26 Å². The van der Waals surface area contributed by atoms with E-state index < -0.39 is 6.04 Å². The molecular formula is C17H15ClN4O2. The predicted molar refractivity (Wildman–Crippen MR) is 89.4 cm³/mol. The second-order valence-corrected chi connectivity index (χ2v) is 5.96. The monoisotopic (exact) mass is 342 g/mol. The van der Waals surface area contributed by atoms with Gasteiger partial charge in [-0.05, 0) is 25.0 Å². The van der Waals surface area contributed by atoms with Crippen LogP contribution < -0.4 is 5.32 Å². The molecule has 1 fully saturated rings. The Kier molecular flexibility index (Phi) is 4.63. The molecule has 0 bridgehead atoms. The van der Waals surface area contributed by atoms with Crippen LogP contribution in [0.2, 0.25) is 5.02 Å². The lowest BCUT2D eigenvalue weighted by atomic mass is 10.1. The van der Waals surface area contributed by atoms with E-state index in [9.17, 15) is 9.59 Å². The van der Waals surface area contributed by atoms with Crippen LogP contribution >= 0.6 is 11.6 Å². The zero-order valence-electron chi connectivity index (χ0n) is 12.8. The number of carbonyl (C=O) groups is 2. The van der Waals surface area contributed by atoms with Crippen molar-refractivity contribution in [1.82, 2.24) is 15.2 Å². The lowest BCUT2D eigenvalue weighted by Crippen LogP contribution is -2.42. The van der Waals surface area contributed by atoms with Crippen LogP contribution in [0.25, 0.3) is 10.9 Å². The van der Waals surface area contributed by atoms with E-state index in [4.69, 9.17) is 16.9 Å². The maximum absolute atomic E-state index is 12.4. The van der Waals surface area contributed by atoms with Crippen molar-refractivity contribution in [2.75, 3.05) is 13.1 Å². The number of rotatable bonds is 3. The minimum absolute atomic E-state index is 0.138. The number of para-hydroxylation sites is 1. The molecular weight excluding hydrogens is 328 g/mol. The van der Waals surface area contributed by atoms with Gasteiger partial charge in [-0.3, -0.25) is 14.6 Å². The van der Waals surface area contributed by atoms with Gasteiger partial charge in [0.15, 0.2) is 0 Å². The van der Waals surface area contributed by atoms with E-state index in [1.54, 1.807) is 24.3 Å². The summed E-state index contributed by atoms with van der Waals surface area (Å²) in [6.07, 6.45) is 3.01. The second-order valence-electron chi connectivity index (χ2n) is 5.55. The van der Waals surface area contributed by atoms with E-state index in [1.165, 1.54) is 11.1 Å². The number of benzene rings is 1. The maximum atomic E-state index is 12.4. The summed E-state index contributed by atoms with van der Waals surface area (Å²) < 4.78 is 0. The third-order valence-electron chi connectivity index (χ3n) is 4.09. The van der Waals surface area contributed by atoms with Gasteiger partial charge in [0, 0.05) is 18.1 Å². The van der Waals surface area contributed by atoms with Crippen LogP contribution in [0.4, 0.5) is 0 Å². The van der Waals surface area contributed by atoms with Crippen LogP contribution in [0, 0.1) is 11.3 Å². The van der Waals surface area contributed by atoms with Gasteiger partial charge in [0.1, 0.15) is 6.04 Å². The quantitative estimate of drug-likeness (QED) is 0.925. The number of aromatic nitrogens is 1. The Labute approximate surface area is 144 Å². The van der Waals surface area contributed by atoms with Gasteiger partial charge < -0.3 is 10.2 Å². The zero-order valence-corrected chi connectivity index (χ0v) is 13.6. The fourth-order valence-corrected chi connectivity index (χ4v) is 3.11. The zero-order chi connectivity index (χ0) is 17.1. The van der Waals surface area contributed by atoms with Crippen molar-refractivity contribution in [3.63, 3.8) is 0 Å². The van der Waals surface area contributed by atoms with Crippen LogP contribution in [0.1, 0.15) is 23.2 Å². The van der Waals surface area contributed by atoms with E-state index in [0.717, 1.165) is 6.42 Å². The van der Waals surface area contributed by atoms with E-state index in [1.807, 2.05) is 0 Å². The molecule has 24 heavy (non-hydrogen) atoms. The van der Waals surface area contributed by atoms with Gasteiger partial charge in [0.2, 0.25) is 5.91 Å². The molecule has 1 aliphatic rings. The van der Waals surface area contributed by atoms with Crippen molar-refractivity contribution in [3.05, 3.63) is 41.0 Å². The van der Waals surface area contributed by atoms with Crippen LogP contribution in [-0.2, 0) is 4.79 Å². The van der Waals surface area contributed by atoms with Gasteiger partial charge >= 0.3 is 0 Å². The number of amides is 2. The van der Waals surface area contributed by atoms with Gasteiger partial charge in [-0.25, -0.2) is 0 Å². The Morgan fingerprint density at radius 1 is 1.42 bits per heavy atom. The Morgan fingerprint density at radius 2 is 2.25 bits per heavy atom. The van der Waals surface area contributed by atoms with Gasteiger partial charge in [-0.15, -0.1) is 0 Å². The Balaban J connectivity index is 1.73. The highest BCUT2D eigenvalue weighted by atomic mass is 35.5. The number of nitriles is 1. The lowest BCUT2D eigenvalue weighted by molar-refractivity contribution is -0.130. The first-order valence-corrected chi connectivity index (χ1v) is 8.00. The molecule has 1 N–H and O–H groups in total. The predicted octanol–water partition coefficient (Wildman–Crippen LogP) is 2.13. The molecule has 1 aromatic carbocycles. The number of fused-ring (bicyclic) bond motifs is 1. The van der Waals surface area contributed by atoms with E-state index >= 15 is 0 Å². The third-order valence-corrected chi connectivity index (χ3v) is 4.39. The summed E-state index contributed by atoms with van der Waals surface area (Å²) in [5, 5.41) is 12.8. The molecule has 0 spiro atoms. The van der Waals surface area contributed by atoms with Crippen molar-refractivity contribution < 1.29 is 9.59 Å². The molecule has 0 radical (unpaired) electrons. The largest absolute Gasteiger partial charge is 0.343 e. The van der Waals surface area contributed by atoms with E-state index in [0.29, 0.717) is 34.5 Å². The second kappa shape index (κ2) is 6.85. The SMILES string of the molecule is N#CC1CCCN1C(=O)CNC(=O)c1ccnc2c(Cl)cccc12. The minimum atomic E-state index is -0.394. The fraction of sp³-hybridized carbons (Fsp3) is 0.294. The molecule has 1 saturated heterocycles. The highest BCUT2D eigenvalue weighted by molar-refractivity contribution is 6.35. The molecule has 1 aromatic heterocycles. The molecule has 2 amide bonds. The Hall–Kier alpha value is -2.65.